The van der Waals surface area contributed by atoms with Crippen LogP contribution in [0.3, 0.4) is 0 Å². The lowest BCUT2D eigenvalue weighted by atomic mass is 10.1. The molecule has 0 saturated carbocycles. The van der Waals surface area contributed by atoms with Gasteiger partial charge in [-0.05, 0) is 25.1 Å². The molecular weight excluding hydrogens is 258 g/mol. The number of carbonyl (C=O) groups is 1. The molecule has 1 aromatic rings. The Morgan fingerprint density at radius 1 is 1.55 bits per heavy atom. The number of hydrogen-bond donors (Lipinski definition) is 3. The first kappa shape index (κ1) is 16.3. The predicted octanol–water partition coefficient (Wildman–Crippen LogP) is 0.462. The fraction of sp³-hybridized carbons (Fsp3) is 0.500. The summed E-state index contributed by atoms with van der Waals surface area (Å²) in [6, 6.07) is 5.10. The minimum atomic E-state index is -0.613. The van der Waals surface area contributed by atoms with Crippen molar-refractivity contribution in [2.45, 2.75) is 13.0 Å². The van der Waals surface area contributed by atoms with Crippen molar-refractivity contribution < 1.29 is 14.6 Å². The van der Waals surface area contributed by atoms with E-state index in [4.69, 9.17) is 10.5 Å². The number of likely N-dealkylation sites (N-methyl/N-ethyl adjacent to an activating group) is 1. The van der Waals surface area contributed by atoms with Crippen LogP contribution in [0.2, 0.25) is 0 Å². The van der Waals surface area contributed by atoms with Gasteiger partial charge in [0, 0.05) is 32.8 Å². The molecule has 6 nitrogen and oxygen atoms in total. The van der Waals surface area contributed by atoms with Gasteiger partial charge in [-0.2, -0.15) is 0 Å². The molecule has 0 radical (unpaired) electrons. The maximum absolute atomic E-state index is 11.8. The average molecular weight is 281 g/mol. The first-order valence-electron chi connectivity index (χ1n) is 6.55. The van der Waals surface area contributed by atoms with Crippen molar-refractivity contribution in [3.05, 3.63) is 23.8 Å². The Hall–Kier alpha value is -1.79. The molecule has 1 amide bonds. The number of anilines is 2. The van der Waals surface area contributed by atoms with Gasteiger partial charge < -0.3 is 25.8 Å². The zero-order valence-electron chi connectivity index (χ0n) is 12.2. The van der Waals surface area contributed by atoms with E-state index in [0.29, 0.717) is 30.0 Å². The van der Waals surface area contributed by atoms with Crippen molar-refractivity contribution in [3.8, 4) is 0 Å². The van der Waals surface area contributed by atoms with Gasteiger partial charge in [-0.15, -0.1) is 0 Å². The summed E-state index contributed by atoms with van der Waals surface area (Å²) in [6.07, 6.45) is -0.613. The van der Waals surface area contributed by atoms with Crippen LogP contribution in [-0.4, -0.2) is 51.0 Å². The molecule has 1 atom stereocenters. The van der Waals surface area contributed by atoms with Crippen molar-refractivity contribution in [2.75, 3.05) is 44.5 Å². The lowest BCUT2D eigenvalue weighted by Crippen LogP contribution is -2.32. The summed E-state index contributed by atoms with van der Waals surface area (Å²) in [4.78, 5) is 13.6. The predicted molar refractivity (Wildman–Crippen MR) is 80.0 cm³/mol. The number of aliphatic hydroxyl groups is 1. The van der Waals surface area contributed by atoms with Crippen LogP contribution in [0.5, 0.6) is 0 Å². The maximum Gasteiger partial charge on any atom is 0.251 e. The molecular formula is C14H23N3O3. The summed E-state index contributed by atoms with van der Waals surface area (Å²) in [6.45, 7) is 3.06. The third-order valence-corrected chi connectivity index (χ3v) is 2.88. The molecule has 0 aromatic heterocycles. The van der Waals surface area contributed by atoms with E-state index in [2.05, 4.69) is 5.32 Å². The number of nitrogens with two attached hydrogens (primary N) is 1. The number of nitrogens with one attached hydrogen (secondary N) is 1. The van der Waals surface area contributed by atoms with Gasteiger partial charge in [0.1, 0.15) is 0 Å². The lowest BCUT2D eigenvalue weighted by molar-refractivity contribution is 0.0695. The van der Waals surface area contributed by atoms with Crippen molar-refractivity contribution in [1.82, 2.24) is 5.32 Å². The van der Waals surface area contributed by atoms with Crippen LogP contribution in [0.4, 0.5) is 11.4 Å². The number of ether oxygens (including phenoxy) is 1. The van der Waals surface area contributed by atoms with Gasteiger partial charge in [-0.3, -0.25) is 4.79 Å². The molecule has 0 aliphatic heterocycles. The highest BCUT2D eigenvalue weighted by molar-refractivity contribution is 5.96. The van der Waals surface area contributed by atoms with E-state index in [1.165, 1.54) is 7.11 Å². The Bertz CT molecular complexity index is 451. The van der Waals surface area contributed by atoms with E-state index in [0.717, 1.165) is 0 Å². The third kappa shape index (κ3) is 4.40. The summed E-state index contributed by atoms with van der Waals surface area (Å²) >= 11 is 0. The van der Waals surface area contributed by atoms with Crippen LogP contribution in [0.1, 0.15) is 17.3 Å². The standard InChI is InChI=1S/C14H23N3O3/c1-4-16-14(19)10-5-6-12(15)13(7-10)17(2)8-11(18)9-20-3/h5-7,11,18H,4,8-9,15H2,1-3H3,(H,16,19). The van der Waals surface area contributed by atoms with Crippen molar-refractivity contribution in [1.29, 1.82) is 0 Å². The monoisotopic (exact) mass is 281 g/mol. The molecule has 0 fully saturated rings. The Kier molecular flexibility index (Phi) is 6.27. The van der Waals surface area contributed by atoms with Crippen LogP contribution >= 0.6 is 0 Å². The van der Waals surface area contributed by atoms with Crippen molar-refractivity contribution >= 4 is 17.3 Å². The second-order valence-electron chi connectivity index (χ2n) is 4.62. The Morgan fingerprint density at radius 3 is 2.85 bits per heavy atom. The molecule has 6 heteroatoms. The fourth-order valence-corrected chi connectivity index (χ4v) is 1.94. The Morgan fingerprint density at radius 2 is 2.25 bits per heavy atom. The molecule has 0 spiro atoms. The SMILES string of the molecule is CCNC(=O)c1ccc(N)c(N(C)CC(O)COC)c1. The number of methoxy groups -OCH3 is 1. The first-order chi connectivity index (χ1) is 9.49. The first-order valence-corrected chi connectivity index (χ1v) is 6.55. The molecule has 0 heterocycles. The summed E-state index contributed by atoms with van der Waals surface area (Å²) in [5, 5.41) is 12.5. The molecule has 0 aliphatic carbocycles. The molecule has 1 unspecified atom stereocenters. The Labute approximate surface area is 119 Å². The number of amides is 1. The average Bonchev–Trinajstić information content (AvgIpc) is 2.39. The minimum absolute atomic E-state index is 0.139. The number of benzene rings is 1. The topological polar surface area (TPSA) is 87.8 Å². The summed E-state index contributed by atoms with van der Waals surface area (Å²) < 4.78 is 4.89. The second-order valence-corrected chi connectivity index (χ2v) is 4.62. The van der Waals surface area contributed by atoms with Crippen molar-refractivity contribution in [2.24, 2.45) is 0 Å². The van der Waals surface area contributed by atoms with Gasteiger partial charge in [0.05, 0.1) is 24.1 Å². The van der Waals surface area contributed by atoms with Gasteiger partial charge >= 0.3 is 0 Å². The highest BCUT2D eigenvalue weighted by Gasteiger charge is 2.13. The van der Waals surface area contributed by atoms with E-state index in [1.54, 1.807) is 18.2 Å². The zero-order valence-corrected chi connectivity index (χ0v) is 12.2. The highest BCUT2D eigenvalue weighted by Crippen LogP contribution is 2.23. The molecule has 1 aromatic carbocycles. The number of hydrogen-bond acceptors (Lipinski definition) is 5. The molecule has 0 saturated heterocycles. The Balaban J connectivity index is 2.87. The fourth-order valence-electron chi connectivity index (χ4n) is 1.94. The van der Waals surface area contributed by atoms with Gasteiger partial charge in [0.25, 0.3) is 5.91 Å². The van der Waals surface area contributed by atoms with Crippen LogP contribution in [0.25, 0.3) is 0 Å². The minimum Gasteiger partial charge on any atom is -0.397 e. The van der Waals surface area contributed by atoms with E-state index >= 15 is 0 Å². The largest absolute Gasteiger partial charge is 0.397 e. The van der Waals surface area contributed by atoms with E-state index in [9.17, 15) is 9.90 Å². The number of nitrogen functional groups attached to an aromatic ring is 1. The van der Waals surface area contributed by atoms with Crippen molar-refractivity contribution in [3.63, 3.8) is 0 Å². The number of aliphatic hydroxyl groups excluding tert-OH is 1. The molecule has 112 valence electrons. The van der Waals surface area contributed by atoms with E-state index in [1.807, 2.05) is 18.9 Å². The van der Waals surface area contributed by atoms with E-state index < -0.39 is 6.10 Å². The highest BCUT2D eigenvalue weighted by atomic mass is 16.5. The summed E-state index contributed by atoms with van der Waals surface area (Å²) in [5.74, 6) is -0.139. The second kappa shape index (κ2) is 7.72. The zero-order chi connectivity index (χ0) is 15.1. The van der Waals surface area contributed by atoms with Gasteiger partial charge in [0.2, 0.25) is 0 Å². The third-order valence-electron chi connectivity index (χ3n) is 2.88. The summed E-state index contributed by atoms with van der Waals surface area (Å²) in [7, 11) is 3.35. The number of rotatable bonds is 7. The molecule has 0 aliphatic rings. The molecule has 20 heavy (non-hydrogen) atoms. The summed E-state index contributed by atoms with van der Waals surface area (Å²) in [5.41, 5.74) is 7.75. The molecule has 1 rings (SSSR count). The number of nitrogens with zero attached hydrogens (tertiary/aromatic N) is 1. The molecule has 4 N–H and O–H groups in total. The van der Waals surface area contributed by atoms with Crippen LogP contribution in [0.15, 0.2) is 18.2 Å². The lowest BCUT2D eigenvalue weighted by Gasteiger charge is -2.24. The number of carbonyl (C=O) groups excluding carboxylic acids is 1. The van der Waals surface area contributed by atoms with E-state index in [-0.39, 0.29) is 12.5 Å². The quantitative estimate of drug-likeness (QED) is 0.632. The van der Waals surface area contributed by atoms with Crippen LogP contribution < -0.4 is 16.0 Å². The van der Waals surface area contributed by atoms with Crippen LogP contribution in [0, 0.1) is 0 Å². The molecule has 0 bridgehead atoms. The van der Waals surface area contributed by atoms with Gasteiger partial charge in [-0.25, -0.2) is 0 Å². The maximum atomic E-state index is 11.8. The normalized spacial score (nSPS) is 12.0. The van der Waals surface area contributed by atoms with Gasteiger partial charge in [-0.1, -0.05) is 0 Å². The smallest absolute Gasteiger partial charge is 0.251 e. The van der Waals surface area contributed by atoms with Crippen LogP contribution in [-0.2, 0) is 4.74 Å². The van der Waals surface area contributed by atoms with Gasteiger partial charge in [0.15, 0.2) is 0 Å².